The first kappa shape index (κ1) is 7.94. The molecule has 2 rings (SSSR count). The lowest BCUT2D eigenvalue weighted by Gasteiger charge is -2.05. The zero-order valence-electron chi connectivity index (χ0n) is 11.3. The highest BCUT2D eigenvalue weighted by Crippen LogP contribution is 2.28. The van der Waals surface area contributed by atoms with Crippen LogP contribution >= 0.6 is 0 Å². The smallest absolute Gasteiger partial charge is 0.233 e. The van der Waals surface area contributed by atoms with Gasteiger partial charge >= 0.3 is 0 Å². The lowest BCUT2D eigenvalue weighted by molar-refractivity contribution is 0.392. The predicted octanol–water partition coefficient (Wildman–Crippen LogP) is 2.14. The molecule has 88 valence electrons. The Hall–Kier alpha value is -2.24. The molecule has 6 heteroatoms. The minimum Gasteiger partial charge on any atom is -0.505 e. The zero-order chi connectivity index (χ0) is 14.9. The minimum atomic E-state index is -2.70. The van der Waals surface area contributed by atoms with Gasteiger partial charge in [-0.3, -0.25) is 0 Å². The second-order valence-electron chi connectivity index (χ2n) is 3.18. The molecule has 0 radical (unpaired) electrons. The first-order valence-electron chi connectivity index (χ1n) is 5.96. The molecule has 0 aliphatic heterocycles. The number of halogens is 2. The number of hydrogen-bond donors (Lipinski definition) is 1. The average Bonchev–Trinajstić information content (AvgIpc) is 2.33. The number of methoxy groups -OCH3 is 1. The summed E-state index contributed by atoms with van der Waals surface area (Å²) in [6.45, 7) is 0. The first-order valence-corrected chi connectivity index (χ1v) is 4.46. The third kappa shape index (κ3) is 2.15. The number of rotatable bonds is 2. The zero-order valence-corrected chi connectivity index (χ0v) is 8.32. The Balaban J connectivity index is 2.41. The molecule has 17 heavy (non-hydrogen) atoms. The highest BCUT2D eigenvalue weighted by atomic mass is 19.2. The normalized spacial score (nSPS) is 13.6. The molecule has 0 saturated carbocycles. The van der Waals surface area contributed by atoms with Crippen molar-refractivity contribution in [2.45, 2.75) is 0 Å². The van der Waals surface area contributed by atoms with E-state index in [1.54, 1.807) is 0 Å². The van der Waals surface area contributed by atoms with Crippen LogP contribution in [-0.4, -0.2) is 22.3 Å². The van der Waals surface area contributed by atoms with Crippen molar-refractivity contribution in [3.8, 4) is 22.8 Å². The maximum atomic E-state index is 13.2. The van der Waals surface area contributed by atoms with E-state index in [0.717, 1.165) is 12.1 Å². The second kappa shape index (κ2) is 4.32. The fraction of sp³-hybridized carbons (Fsp3) is 0.0909. The molecule has 0 bridgehead atoms. The highest BCUT2D eigenvalue weighted by molar-refractivity contribution is 5.65. The molecular weight excluding hydrogens is 230 g/mol. The monoisotopic (exact) mass is 241 g/mol. The van der Waals surface area contributed by atoms with Gasteiger partial charge in [0.2, 0.25) is 5.88 Å². The van der Waals surface area contributed by atoms with E-state index in [0.29, 0.717) is 0 Å². The third-order valence-electron chi connectivity index (χ3n) is 2.08. The van der Waals surface area contributed by atoms with Crippen molar-refractivity contribution < 1.29 is 22.7 Å². The van der Waals surface area contributed by atoms with Gasteiger partial charge in [0.1, 0.15) is 0 Å². The van der Waals surface area contributed by atoms with Gasteiger partial charge in [0, 0.05) is 11.6 Å². The predicted molar refractivity (Wildman–Crippen MR) is 55.6 cm³/mol. The third-order valence-corrected chi connectivity index (χ3v) is 2.08. The lowest BCUT2D eigenvalue weighted by atomic mass is 10.1. The Morgan fingerprint density at radius 1 is 1.29 bits per heavy atom. The van der Waals surface area contributed by atoms with Gasteiger partial charge in [-0.1, -0.05) is 0 Å². The fourth-order valence-electron chi connectivity index (χ4n) is 1.30. The SMILES string of the molecule is [2H]C([2H])([2H])Oc1cc(-c2cc(O)c(F)c(F)c2)cnn1. The number of nitrogens with zero attached hydrogens (tertiary/aromatic N) is 2. The summed E-state index contributed by atoms with van der Waals surface area (Å²) in [6, 6.07) is 3.01. The summed E-state index contributed by atoms with van der Waals surface area (Å²) in [5.41, 5.74) is 0.320. The summed E-state index contributed by atoms with van der Waals surface area (Å²) in [5, 5.41) is 16.2. The molecule has 0 unspecified atom stereocenters. The summed E-state index contributed by atoms with van der Waals surface area (Å²) in [5.74, 6) is -3.77. The van der Waals surface area contributed by atoms with Gasteiger partial charge in [0.25, 0.3) is 0 Å². The molecule has 0 atom stereocenters. The van der Waals surface area contributed by atoms with E-state index in [4.69, 9.17) is 4.11 Å². The van der Waals surface area contributed by atoms with Crippen molar-refractivity contribution in [2.24, 2.45) is 0 Å². The van der Waals surface area contributed by atoms with Crippen LogP contribution in [0.5, 0.6) is 11.6 Å². The van der Waals surface area contributed by atoms with Gasteiger partial charge in [0.15, 0.2) is 17.4 Å². The Morgan fingerprint density at radius 3 is 2.82 bits per heavy atom. The number of phenols is 1. The van der Waals surface area contributed by atoms with Crippen LogP contribution in [0.2, 0.25) is 0 Å². The van der Waals surface area contributed by atoms with Crippen LogP contribution in [0.25, 0.3) is 11.1 Å². The van der Waals surface area contributed by atoms with Gasteiger partial charge in [-0.15, -0.1) is 5.10 Å². The van der Waals surface area contributed by atoms with Crippen molar-refractivity contribution in [2.75, 3.05) is 7.04 Å². The van der Waals surface area contributed by atoms with Crippen molar-refractivity contribution in [3.05, 3.63) is 36.0 Å². The van der Waals surface area contributed by atoms with Gasteiger partial charge in [-0.2, -0.15) is 9.49 Å². The fourth-order valence-corrected chi connectivity index (χ4v) is 1.30. The number of benzene rings is 1. The molecule has 4 nitrogen and oxygen atoms in total. The number of ether oxygens (including phenoxy) is 1. The topological polar surface area (TPSA) is 55.2 Å². The molecular formula is C11H8F2N2O2. The molecule has 2 aromatic rings. The Morgan fingerprint density at radius 2 is 2.12 bits per heavy atom. The number of aromatic nitrogens is 2. The minimum absolute atomic E-state index is 0.103. The molecule has 0 amide bonds. The van der Waals surface area contributed by atoms with E-state index in [1.807, 2.05) is 0 Å². The molecule has 1 heterocycles. The number of aromatic hydroxyl groups is 1. The van der Waals surface area contributed by atoms with Crippen molar-refractivity contribution in [1.82, 2.24) is 10.2 Å². The molecule has 1 N–H and O–H groups in total. The van der Waals surface area contributed by atoms with Crippen molar-refractivity contribution in [3.63, 3.8) is 0 Å². The maximum absolute atomic E-state index is 13.2. The van der Waals surface area contributed by atoms with Crippen LogP contribution in [0, 0.1) is 11.6 Å². The Labute approximate surface area is 99.7 Å². The average molecular weight is 241 g/mol. The maximum Gasteiger partial charge on any atom is 0.233 e. The summed E-state index contributed by atoms with van der Waals surface area (Å²) in [7, 11) is -2.70. The lowest BCUT2D eigenvalue weighted by Crippen LogP contribution is -1.92. The largest absolute Gasteiger partial charge is 0.505 e. The van der Waals surface area contributed by atoms with Crippen LogP contribution in [0.4, 0.5) is 8.78 Å². The van der Waals surface area contributed by atoms with E-state index >= 15 is 0 Å². The van der Waals surface area contributed by atoms with E-state index < -0.39 is 24.4 Å². The van der Waals surface area contributed by atoms with Crippen molar-refractivity contribution >= 4 is 0 Å². The molecule has 1 aromatic heterocycles. The van der Waals surface area contributed by atoms with Crippen LogP contribution in [0.3, 0.4) is 0 Å². The Kier molecular flexibility index (Phi) is 2.02. The summed E-state index contributed by atoms with van der Waals surface area (Å²) in [6.07, 6.45) is 1.19. The standard InChI is InChI=1S/C11H8F2N2O2/c1-17-10-4-7(5-14-15-10)6-2-8(12)11(13)9(16)3-6/h2-5,16H,1H3/i1D3. The summed E-state index contributed by atoms with van der Waals surface area (Å²) in [4.78, 5) is 0. The van der Waals surface area contributed by atoms with Crippen LogP contribution in [0.15, 0.2) is 24.4 Å². The molecule has 0 aliphatic rings. The number of hydrogen-bond acceptors (Lipinski definition) is 4. The summed E-state index contributed by atoms with van der Waals surface area (Å²) < 4.78 is 51.5. The quantitative estimate of drug-likeness (QED) is 0.875. The van der Waals surface area contributed by atoms with Crippen LogP contribution in [-0.2, 0) is 0 Å². The van der Waals surface area contributed by atoms with E-state index in [2.05, 4.69) is 14.9 Å². The molecule has 1 aromatic carbocycles. The molecule has 0 spiro atoms. The van der Waals surface area contributed by atoms with Gasteiger partial charge in [0.05, 0.1) is 17.3 Å². The molecule has 0 aliphatic carbocycles. The second-order valence-corrected chi connectivity index (χ2v) is 3.18. The van der Waals surface area contributed by atoms with Gasteiger partial charge in [-0.05, 0) is 17.7 Å². The Bertz CT molecular complexity index is 627. The van der Waals surface area contributed by atoms with Gasteiger partial charge < -0.3 is 9.84 Å². The first-order chi connectivity index (χ1) is 9.26. The van der Waals surface area contributed by atoms with Gasteiger partial charge in [-0.25, -0.2) is 4.39 Å². The van der Waals surface area contributed by atoms with E-state index in [-0.39, 0.29) is 17.0 Å². The summed E-state index contributed by atoms with van der Waals surface area (Å²) >= 11 is 0. The van der Waals surface area contributed by atoms with Crippen molar-refractivity contribution in [1.29, 1.82) is 0 Å². The number of phenolic OH excluding ortho intramolecular Hbond substituents is 1. The highest BCUT2D eigenvalue weighted by Gasteiger charge is 2.11. The van der Waals surface area contributed by atoms with Crippen LogP contribution in [0.1, 0.15) is 4.11 Å². The van der Waals surface area contributed by atoms with E-state index in [9.17, 15) is 13.9 Å². The molecule has 0 saturated heterocycles. The molecule has 0 fully saturated rings. The van der Waals surface area contributed by atoms with E-state index in [1.165, 1.54) is 12.3 Å². The van der Waals surface area contributed by atoms with Crippen LogP contribution < -0.4 is 4.74 Å².